The van der Waals surface area contributed by atoms with E-state index in [0.717, 1.165) is 13.0 Å². The molecule has 0 spiro atoms. The summed E-state index contributed by atoms with van der Waals surface area (Å²) in [6.45, 7) is 1.08. The summed E-state index contributed by atoms with van der Waals surface area (Å²) in [6.07, 6.45) is -0.628. The average molecular weight is 194 g/mol. The third kappa shape index (κ3) is 4.45. The number of nitrogens with two attached hydrogens (primary N) is 1. The van der Waals surface area contributed by atoms with Crippen LogP contribution in [0.4, 0.5) is 13.2 Å². The molecular weight excluding hydrogens is 181 g/mol. The molecule has 0 aliphatic rings. The van der Waals surface area contributed by atoms with Gasteiger partial charge in [-0.2, -0.15) is 13.2 Å². The van der Waals surface area contributed by atoms with Crippen molar-refractivity contribution in [1.82, 2.24) is 5.32 Å². The van der Waals surface area contributed by atoms with Crippen molar-refractivity contribution < 1.29 is 13.2 Å². The Balaban J connectivity index is 4.27. The molecule has 0 rings (SSSR count). The van der Waals surface area contributed by atoms with E-state index in [2.05, 4.69) is 5.32 Å². The Hall–Kier alpha value is -1.13. The van der Waals surface area contributed by atoms with Crippen LogP contribution < -0.4 is 11.1 Å². The number of likely N-dealkylation sites (N-methyl/N-ethyl adjacent to an activating group) is 1. The van der Waals surface area contributed by atoms with E-state index in [-0.39, 0.29) is 0 Å². The van der Waals surface area contributed by atoms with Crippen LogP contribution in [0.5, 0.6) is 0 Å². The molecule has 0 bridgehead atoms. The van der Waals surface area contributed by atoms with Gasteiger partial charge >= 0.3 is 6.18 Å². The number of alkyl halides is 3. The van der Waals surface area contributed by atoms with Crippen LogP contribution in [0.1, 0.15) is 6.92 Å². The van der Waals surface area contributed by atoms with Gasteiger partial charge in [-0.3, -0.25) is 0 Å². The molecule has 0 aliphatic heterocycles. The summed E-state index contributed by atoms with van der Waals surface area (Å²) in [6, 6.07) is 0. The Morgan fingerprint density at radius 3 is 2.31 bits per heavy atom. The van der Waals surface area contributed by atoms with E-state index in [1.807, 2.05) is 0 Å². The molecule has 0 aromatic carbocycles. The molecule has 1 atom stereocenters. The van der Waals surface area contributed by atoms with Crippen LogP contribution in [0.3, 0.4) is 0 Å². The molecule has 2 nitrogen and oxygen atoms in total. The fourth-order valence-electron chi connectivity index (χ4n) is 0.579. The summed E-state index contributed by atoms with van der Waals surface area (Å²) in [5, 5.41) is 2.64. The zero-order chi connectivity index (χ0) is 10.5. The maximum Gasteiger partial charge on any atom is 0.394 e. The molecule has 3 N–H and O–H groups in total. The highest BCUT2D eigenvalue weighted by atomic mass is 19.4. The molecular formula is C8H13F3N2. The summed E-state index contributed by atoms with van der Waals surface area (Å²) in [5.74, 6) is -1.46. The quantitative estimate of drug-likeness (QED) is 0.672. The van der Waals surface area contributed by atoms with Gasteiger partial charge in [0.05, 0.1) is 5.92 Å². The lowest BCUT2D eigenvalue weighted by Gasteiger charge is -2.10. The standard InChI is InChI=1S/C8H13F3N2/c1-6(8(9,10)11)3-4-7(5-12)13-2/h3-6,13H,12H2,1-2H3/b4-3-,7-5-. The van der Waals surface area contributed by atoms with Crippen molar-refractivity contribution in [2.24, 2.45) is 11.7 Å². The summed E-state index contributed by atoms with van der Waals surface area (Å²) in [4.78, 5) is 0. The SMILES string of the molecule is CNC(/C=C\C(C)C(F)(F)F)=C\N. The van der Waals surface area contributed by atoms with Crippen LogP contribution >= 0.6 is 0 Å². The van der Waals surface area contributed by atoms with Crippen molar-refractivity contribution in [3.63, 3.8) is 0 Å². The Labute approximate surface area is 75.3 Å². The topological polar surface area (TPSA) is 38.0 Å². The van der Waals surface area contributed by atoms with Gasteiger partial charge in [-0.15, -0.1) is 0 Å². The number of hydrogen-bond acceptors (Lipinski definition) is 2. The van der Waals surface area contributed by atoms with E-state index in [1.165, 1.54) is 12.3 Å². The zero-order valence-corrected chi connectivity index (χ0v) is 7.52. The van der Waals surface area contributed by atoms with E-state index < -0.39 is 12.1 Å². The van der Waals surface area contributed by atoms with Crippen molar-refractivity contribution in [3.8, 4) is 0 Å². The Morgan fingerprint density at radius 2 is 2.00 bits per heavy atom. The third-order valence-electron chi connectivity index (χ3n) is 1.55. The number of hydrogen-bond donors (Lipinski definition) is 2. The predicted molar refractivity (Wildman–Crippen MR) is 45.7 cm³/mol. The minimum Gasteiger partial charge on any atom is -0.403 e. The van der Waals surface area contributed by atoms with Crippen LogP contribution in [0.2, 0.25) is 0 Å². The molecule has 0 heterocycles. The normalized spacial score (nSPS) is 16.2. The number of rotatable bonds is 3. The first-order chi connectivity index (χ1) is 5.91. The van der Waals surface area contributed by atoms with Gasteiger partial charge in [0.25, 0.3) is 0 Å². The van der Waals surface area contributed by atoms with E-state index in [9.17, 15) is 13.2 Å². The van der Waals surface area contributed by atoms with Gasteiger partial charge in [0, 0.05) is 18.9 Å². The Bertz CT molecular complexity index is 206. The lowest BCUT2D eigenvalue weighted by atomic mass is 10.1. The Morgan fingerprint density at radius 1 is 1.46 bits per heavy atom. The second-order valence-electron chi connectivity index (χ2n) is 2.56. The van der Waals surface area contributed by atoms with Crippen molar-refractivity contribution in [3.05, 3.63) is 24.0 Å². The third-order valence-corrected chi connectivity index (χ3v) is 1.55. The maximum atomic E-state index is 12.0. The Kier molecular flexibility index (Phi) is 4.37. The lowest BCUT2D eigenvalue weighted by molar-refractivity contribution is -0.156. The van der Waals surface area contributed by atoms with Crippen LogP contribution in [-0.2, 0) is 0 Å². The van der Waals surface area contributed by atoms with Crippen LogP contribution in [0.15, 0.2) is 24.0 Å². The summed E-state index contributed by atoms with van der Waals surface area (Å²) >= 11 is 0. The van der Waals surface area contributed by atoms with Crippen molar-refractivity contribution >= 4 is 0 Å². The van der Waals surface area contributed by atoms with Crippen LogP contribution in [-0.4, -0.2) is 13.2 Å². The summed E-state index contributed by atoms with van der Waals surface area (Å²) < 4.78 is 36.0. The van der Waals surface area contributed by atoms with Gasteiger partial charge < -0.3 is 11.1 Å². The largest absolute Gasteiger partial charge is 0.403 e. The highest BCUT2D eigenvalue weighted by Crippen LogP contribution is 2.26. The lowest BCUT2D eigenvalue weighted by Crippen LogP contribution is -2.17. The summed E-state index contributed by atoms with van der Waals surface area (Å²) in [7, 11) is 1.58. The second kappa shape index (κ2) is 4.79. The van der Waals surface area contributed by atoms with Gasteiger partial charge in [0.2, 0.25) is 0 Å². The monoisotopic (exact) mass is 194 g/mol. The predicted octanol–water partition coefficient (Wildman–Crippen LogP) is 1.76. The van der Waals surface area contributed by atoms with Crippen LogP contribution in [0.25, 0.3) is 0 Å². The maximum absolute atomic E-state index is 12.0. The molecule has 0 aliphatic carbocycles. The molecule has 5 heteroatoms. The highest BCUT2D eigenvalue weighted by molar-refractivity contribution is 5.15. The molecule has 0 radical (unpaired) electrons. The second-order valence-corrected chi connectivity index (χ2v) is 2.56. The molecule has 76 valence electrons. The average Bonchev–Trinajstić information content (AvgIpc) is 2.04. The van der Waals surface area contributed by atoms with Gasteiger partial charge in [-0.1, -0.05) is 13.0 Å². The van der Waals surface area contributed by atoms with Gasteiger partial charge in [-0.05, 0) is 6.08 Å². The molecule has 0 aromatic heterocycles. The smallest absolute Gasteiger partial charge is 0.394 e. The number of nitrogens with one attached hydrogen (secondary N) is 1. The number of halogens is 3. The minimum absolute atomic E-state index is 0.455. The fraction of sp³-hybridized carbons (Fsp3) is 0.500. The molecule has 0 saturated heterocycles. The number of allylic oxidation sites excluding steroid dienone is 2. The summed E-state index contributed by atoms with van der Waals surface area (Å²) in [5.41, 5.74) is 5.58. The van der Waals surface area contributed by atoms with E-state index in [4.69, 9.17) is 5.73 Å². The van der Waals surface area contributed by atoms with E-state index >= 15 is 0 Å². The first kappa shape index (κ1) is 11.9. The molecule has 0 saturated carbocycles. The van der Waals surface area contributed by atoms with Gasteiger partial charge in [-0.25, -0.2) is 0 Å². The minimum atomic E-state index is -4.19. The zero-order valence-electron chi connectivity index (χ0n) is 7.52. The van der Waals surface area contributed by atoms with Crippen molar-refractivity contribution in [2.75, 3.05) is 7.05 Å². The first-order valence-corrected chi connectivity index (χ1v) is 3.76. The van der Waals surface area contributed by atoms with Crippen LogP contribution in [0, 0.1) is 5.92 Å². The van der Waals surface area contributed by atoms with Crippen molar-refractivity contribution in [1.29, 1.82) is 0 Å². The highest BCUT2D eigenvalue weighted by Gasteiger charge is 2.33. The van der Waals surface area contributed by atoms with Crippen molar-refractivity contribution in [2.45, 2.75) is 13.1 Å². The van der Waals surface area contributed by atoms with E-state index in [1.54, 1.807) is 7.05 Å². The molecule has 0 fully saturated rings. The fourth-order valence-corrected chi connectivity index (χ4v) is 0.579. The molecule has 13 heavy (non-hydrogen) atoms. The van der Waals surface area contributed by atoms with E-state index in [0.29, 0.717) is 5.70 Å². The molecule has 1 unspecified atom stereocenters. The van der Waals surface area contributed by atoms with Gasteiger partial charge in [0.1, 0.15) is 0 Å². The molecule has 0 amide bonds. The molecule has 0 aromatic rings. The van der Waals surface area contributed by atoms with Gasteiger partial charge in [0.15, 0.2) is 0 Å². The first-order valence-electron chi connectivity index (χ1n) is 3.76.